The molecule has 0 N–H and O–H groups in total. The largest absolute Gasteiger partial charge is 0.467 e. The molecule has 1 aromatic carbocycles. The van der Waals surface area contributed by atoms with Crippen LogP contribution in [0.15, 0.2) is 18.2 Å². The lowest BCUT2D eigenvalue weighted by molar-refractivity contribution is -0.384. The summed E-state index contributed by atoms with van der Waals surface area (Å²) in [4.78, 5) is 35.9. The van der Waals surface area contributed by atoms with E-state index >= 15 is 0 Å². The molecule has 1 saturated heterocycles. The number of ether oxygens (including phenoxy) is 1. The van der Waals surface area contributed by atoms with Gasteiger partial charge in [0.2, 0.25) is 0 Å². The number of aryl methyl sites for hydroxylation is 1. The number of carbonyl (C=O) groups is 2. The second-order valence-electron chi connectivity index (χ2n) is 4.94. The molecule has 21 heavy (non-hydrogen) atoms. The van der Waals surface area contributed by atoms with Crippen molar-refractivity contribution < 1.29 is 19.2 Å². The Bertz CT molecular complexity index is 599. The van der Waals surface area contributed by atoms with E-state index in [2.05, 4.69) is 0 Å². The molecule has 0 aliphatic carbocycles. The Kier molecular flexibility index (Phi) is 4.21. The molecular formula is C14H16N2O5. The number of amides is 1. The van der Waals surface area contributed by atoms with Crippen molar-refractivity contribution in [2.45, 2.75) is 25.8 Å². The van der Waals surface area contributed by atoms with E-state index in [1.54, 1.807) is 6.92 Å². The van der Waals surface area contributed by atoms with Crippen molar-refractivity contribution in [2.75, 3.05) is 13.7 Å². The van der Waals surface area contributed by atoms with Gasteiger partial charge >= 0.3 is 5.97 Å². The zero-order chi connectivity index (χ0) is 15.6. The predicted molar refractivity (Wildman–Crippen MR) is 73.9 cm³/mol. The van der Waals surface area contributed by atoms with Gasteiger partial charge in [0.15, 0.2) is 0 Å². The summed E-state index contributed by atoms with van der Waals surface area (Å²) >= 11 is 0. The number of nitro benzene ring substituents is 1. The minimum atomic E-state index is -0.572. The van der Waals surface area contributed by atoms with Gasteiger partial charge in [-0.05, 0) is 31.4 Å². The lowest BCUT2D eigenvalue weighted by atomic mass is 10.1. The Morgan fingerprint density at radius 1 is 1.43 bits per heavy atom. The van der Waals surface area contributed by atoms with Crippen molar-refractivity contribution in [1.82, 2.24) is 4.90 Å². The van der Waals surface area contributed by atoms with Crippen LogP contribution in [-0.4, -0.2) is 41.4 Å². The molecule has 0 spiro atoms. The minimum Gasteiger partial charge on any atom is -0.467 e. The normalized spacial score (nSPS) is 17.6. The van der Waals surface area contributed by atoms with Gasteiger partial charge in [-0.1, -0.05) is 0 Å². The van der Waals surface area contributed by atoms with Crippen molar-refractivity contribution in [1.29, 1.82) is 0 Å². The lowest BCUT2D eigenvalue weighted by Gasteiger charge is -2.23. The summed E-state index contributed by atoms with van der Waals surface area (Å²) in [6.07, 6.45) is 1.31. The van der Waals surface area contributed by atoms with E-state index in [1.807, 2.05) is 0 Å². The van der Waals surface area contributed by atoms with E-state index in [9.17, 15) is 19.7 Å². The molecule has 0 aromatic heterocycles. The van der Waals surface area contributed by atoms with E-state index < -0.39 is 16.9 Å². The fraction of sp³-hybridized carbons (Fsp3) is 0.429. The van der Waals surface area contributed by atoms with Crippen LogP contribution in [0.5, 0.6) is 0 Å². The summed E-state index contributed by atoms with van der Waals surface area (Å²) < 4.78 is 4.71. The molecule has 1 amide bonds. The van der Waals surface area contributed by atoms with E-state index in [0.717, 1.165) is 6.42 Å². The number of rotatable bonds is 3. The first kappa shape index (κ1) is 15.0. The van der Waals surface area contributed by atoms with Crippen molar-refractivity contribution in [3.8, 4) is 0 Å². The Morgan fingerprint density at radius 2 is 2.14 bits per heavy atom. The molecular weight excluding hydrogens is 276 g/mol. The van der Waals surface area contributed by atoms with Crippen molar-refractivity contribution in [2.24, 2.45) is 0 Å². The number of hydrogen-bond acceptors (Lipinski definition) is 5. The number of hydrogen-bond donors (Lipinski definition) is 0. The average molecular weight is 292 g/mol. The number of methoxy groups -OCH3 is 1. The molecule has 112 valence electrons. The quantitative estimate of drug-likeness (QED) is 0.480. The van der Waals surface area contributed by atoms with Gasteiger partial charge in [0, 0.05) is 24.2 Å². The predicted octanol–water partition coefficient (Wildman–Crippen LogP) is 1.68. The lowest BCUT2D eigenvalue weighted by Crippen LogP contribution is -2.41. The number of carbonyl (C=O) groups excluding carboxylic acids is 2. The van der Waals surface area contributed by atoms with Gasteiger partial charge in [-0.15, -0.1) is 0 Å². The third-order valence-corrected chi connectivity index (χ3v) is 3.64. The summed E-state index contributed by atoms with van der Waals surface area (Å²) in [6.45, 7) is 2.12. The second-order valence-corrected chi connectivity index (χ2v) is 4.94. The minimum absolute atomic E-state index is 0.0602. The fourth-order valence-corrected chi connectivity index (χ4v) is 2.55. The van der Waals surface area contributed by atoms with E-state index in [0.29, 0.717) is 24.1 Å². The molecule has 1 heterocycles. The molecule has 1 unspecified atom stereocenters. The molecule has 2 rings (SSSR count). The first-order valence-electron chi connectivity index (χ1n) is 6.59. The number of non-ortho nitro benzene ring substituents is 1. The first-order valence-corrected chi connectivity index (χ1v) is 6.59. The SMILES string of the molecule is COC(=O)C1CCCN1C(=O)c1ccc([N+](=O)[O-])cc1C. The van der Waals surface area contributed by atoms with Crippen LogP contribution < -0.4 is 0 Å². The Labute approximate surface area is 121 Å². The van der Waals surface area contributed by atoms with Crippen molar-refractivity contribution in [3.05, 3.63) is 39.4 Å². The van der Waals surface area contributed by atoms with Gasteiger partial charge in [0.1, 0.15) is 6.04 Å². The molecule has 1 atom stereocenters. The second kappa shape index (κ2) is 5.90. The molecule has 1 aliphatic rings. The van der Waals surface area contributed by atoms with Crippen molar-refractivity contribution >= 4 is 17.6 Å². The molecule has 1 fully saturated rings. The Balaban J connectivity index is 2.27. The van der Waals surface area contributed by atoms with Gasteiger partial charge in [0.05, 0.1) is 12.0 Å². The highest BCUT2D eigenvalue weighted by Crippen LogP contribution is 2.24. The van der Waals surface area contributed by atoms with Crippen LogP contribution in [0.2, 0.25) is 0 Å². The third kappa shape index (κ3) is 2.86. The highest BCUT2D eigenvalue weighted by molar-refractivity contribution is 5.98. The smallest absolute Gasteiger partial charge is 0.328 e. The van der Waals surface area contributed by atoms with Gasteiger partial charge < -0.3 is 9.64 Å². The third-order valence-electron chi connectivity index (χ3n) is 3.64. The molecule has 0 saturated carbocycles. The topological polar surface area (TPSA) is 89.8 Å². The number of likely N-dealkylation sites (tertiary alicyclic amines) is 1. The summed E-state index contributed by atoms with van der Waals surface area (Å²) in [7, 11) is 1.29. The fourth-order valence-electron chi connectivity index (χ4n) is 2.55. The van der Waals surface area contributed by atoms with Crippen LogP contribution in [0.1, 0.15) is 28.8 Å². The number of nitro groups is 1. The highest BCUT2D eigenvalue weighted by Gasteiger charge is 2.35. The highest BCUT2D eigenvalue weighted by atomic mass is 16.6. The molecule has 7 heteroatoms. The van der Waals surface area contributed by atoms with Crippen LogP contribution in [0.3, 0.4) is 0 Å². The average Bonchev–Trinajstić information content (AvgIpc) is 2.94. The summed E-state index contributed by atoms with van der Waals surface area (Å²) in [5.41, 5.74) is 0.830. The molecule has 0 bridgehead atoms. The maximum atomic E-state index is 12.5. The van der Waals surface area contributed by atoms with Gasteiger partial charge in [-0.3, -0.25) is 14.9 Å². The summed E-state index contributed by atoms with van der Waals surface area (Å²) in [5.74, 6) is -0.726. The number of benzene rings is 1. The zero-order valence-electron chi connectivity index (χ0n) is 11.9. The van der Waals surface area contributed by atoms with E-state index in [4.69, 9.17) is 4.74 Å². The number of nitrogens with zero attached hydrogens (tertiary/aromatic N) is 2. The van der Waals surface area contributed by atoms with Crippen LogP contribution in [0, 0.1) is 17.0 Å². The zero-order valence-corrected chi connectivity index (χ0v) is 11.9. The van der Waals surface area contributed by atoms with E-state index in [1.165, 1.54) is 30.2 Å². The first-order chi connectivity index (χ1) is 9.95. The summed E-state index contributed by atoms with van der Waals surface area (Å²) in [6, 6.07) is 3.51. The maximum absolute atomic E-state index is 12.5. The van der Waals surface area contributed by atoms with Crippen molar-refractivity contribution in [3.63, 3.8) is 0 Å². The molecule has 1 aliphatic heterocycles. The summed E-state index contributed by atoms with van der Waals surface area (Å²) in [5, 5.41) is 10.7. The molecule has 1 aromatic rings. The van der Waals surface area contributed by atoms with Crippen LogP contribution in [0.4, 0.5) is 5.69 Å². The van der Waals surface area contributed by atoms with Crippen LogP contribution >= 0.6 is 0 Å². The Morgan fingerprint density at radius 3 is 2.71 bits per heavy atom. The van der Waals surface area contributed by atoms with Crippen LogP contribution in [0.25, 0.3) is 0 Å². The van der Waals surface area contributed by atoms with E-state index in [-0.39, 0.29) is 11.6 Å². The molecule has 7 nitrogen and oxygen atoms in total. The maximum Gasteiger partial charge on any atom is 0.328 e. The van der Waals surface area contributed by atoms with Gasteiger partial charge in [-0.25, -0.2) is 4.79 Å². The number of esters is 1. The molecule has 0 radical (unpaired) electrons. The van der Waals surface area contributed by atoms with Crippen LogP contribution in [-0.2, 0) is 9.53 Å². The van der Waals surface area contributed by atoms with Gasteiger partial charge in [0.25, 0.3) is 11.6 Å². The van der Waals surface area contributed by atoms with Gasteiger partial charge in [-0.2, -0.15) is 0 Å². The Hall–Kier alpha value is -2.44. The monoisotopic (exact) mass is 292 g/mol. The standard InChI is InChI=1S/C14H16N2O5/c1-9-8-10(16(19)20)5-6-11(9)13(17)15-7-3-4-12(15)14(18)21-2/h5-6,8,12H,3-4,7H2,1-2H3.